The minimum Gasteiger partial charge on any atom is -0.385 e. The number of hydrogen-bond acceptors (Lipinski definition) is 3. The molecule has 1 aromatic carbocycles. The molecule has 1 aromatic heterocycles. The van der Waals surface area contributed by atoms with E-state index in [4.69, 9.17) is 16.3 Å². The zero-order valence-corrected chi connectivity index (χ0v) is 20.8. The molecule has 3 rings (SSSR count). The number of carbonyl (C=O) groups is 2. The van der Waals surface area contributed by atoms with E-state index in [1.54, 1.807) is 12.0 Å². The molecule has 1 heterocycles. The Balaban J connectivity index is 1.71. The van der Waals surface area contributed by atoms with Crippen molar-refractivity contribution in [1.29, 1.82) is 0 Å². The summed E-state index contributed by atoms with van der Waals surface area (Å²) in [6.45, 7) is 7.24. The third-order valence-corrected chi connectivity index (χ3v) is 6.22. The number of rotatable bonds is 13. The van der Waals surface area contributed by atoms with Gasteiger partial charge in [0.2, 0.25) is 11.8 Å². The second-order valence-corrected chi connectivity index (χ2v) is 9.67. The second kappa shape index (κ2) is 12.2. The average Bonchev–Trinajstić information content (AvgIpc) is 3.54. The van der Waals surface area contributed by atoms with Crippen molar-refractivity contribution < 1.29 is 14.3 Å². The number of aromatic nitrogens is 1. The predicted molar refractivity (Wildman–Crippen MR) is 131 cm³/mol. The summed E-state index contributed by atoms with van der Waals surface area (Å²) in [6.07, 6.45) is 4.61. The van der Waals surface area contributed by atoms with Crippen LogP contribution in [0.4, 0.5) is 0 Å². The smallest absolute Gasteiger partial charge is 0.242 e. The van der Waals surface area contributed by atoms with Gasteiger partial charge in [-0.25, -0.2) is 0 Å². The summed E-state index contributed by atoms with van der Waals surface area (Å²) >= 11 is 6.36. The van der Waals surface area contributed by atoms with Crippen molar-refractivity contribution in [3.63, 3.8) is 0 Å². The van der Waals surface area contributed by atoms with Crippen molar-refractivity contribution in [2.45, 2.75) is 46.2 Å². The van der Waals surface area contributed by atoms with Crippen molar-refractivity contribution in [3.05, 3.63) is 58.9 Å². The van der Waals surface area contributed by atoms with E-state index in [2.05, 4.69) is 18.4 Å². The van der Waals surface area contributed by atoms with Gasteiger partial charge in [-0.3, -0.25) is 9.59 Å². The third-order valence-electron chi connectivity index (χ3n) is 5.85. The fourth-order valence-corrected chi connectivity index (χ4v) is 4.16. The van der Waals surface area contributed by atoms with E-state index in [9.17, 15) is 9.59 Å². The van der Waals surface area contributed by atoms with Crippen LogP contribution >= 0.6 is 11.6 Å². The van der Waals surface area contributed by atoms with E-state index in [0.29, 0.717) is 38.7 Å². The number of halogens is 1. The van der Waals surface area contributed by atoms with Gasteiger partial charge in [-0.1, -0.05) is 43.6 Å². The van der Waals surface area contributed by atoms with Gasteiger partial charge < -0.3 is 19.1 Å². The lowest BCUT2D eigenvalue weighted by Gasteiger charge is -2.29. The lowest BCUT2D eigenvalue weighted by atomic mass is 10.2. The molecule has 33 heavy (non-hydrogen) atoms. The van der Waals surface area contributed by atoms with Crippen LogP contribution in [0.1, 0.15) is 44.4 Å². The molecule has 0 spiro atoms. The number of carbonyl (C=O) groups excluding carboxylic acids is 2. The molecular weight excluding hydrogens is 438 g/mol. The highest BCUT2D eigenvalue weighted by Crippen LogP contribution is 2.31. The van der Waals surface area contributed by atoms with Crippen molar-refractivity contribution in [1.82, 2.24) is 14.4 Å². The van der Waals surface area contributed by atoms with Crippen molar-refractivity contribution >= 4 is 23.4 Å². The van der Waals surface area contributed by atoms with Crippen molar-refractivity contribution in [3.8, 4) is 0 Å². The Labute approximate surface area is 202 Å². The zero-order valence-electron chi connectivity index (χ0n) is 20.0. The molecule has 1 aliphatic rings. The van der Waals surface area contributed by atoms with Gasteiger partial charge >= 0.3 is 0 Å². The van der Waals surface area contributed by atoms with Crippen LogP contribution in [0.3, 0.4) is 0 Å². The van der Waals surface area contributed by atoms with Gasteiger partial charge in [0.1, 0.15) is 0 Å². The van der Waals surface area contributed by atoms with Crippen LogP contribution < -0.4 is 0 Å². The van der Waals surface area contributed by atoms with Crippen molar-refractivity contribution in [2.75, 3.05) is 33.4 Å². The minimum atomic E-state index is -0.0133. The van der Waals surface area contributed by atoms with E-state index >= 15 is 0 Å². The maximum atomic E-state index is 13.4. The zero-order chi connectivity index (χ0) is 23.8. The van der Waals surface area contributed by atoms with Crippen LogP contribution in [-0.2, 0) is 27.4 Å². The van der Waals surface area contributed by atoms with Crippen LogP contribution in [-0.4, -0.2) is 59.5 Å². The molecule has 0 atom stereocenters. The third kappa shape index (κ3) is 7.61. The topological polar surface area (TPSA) is 54.8 Å². The van der Waals surface area contributed by atoms with Crippen LogP contribution in [0, 0.1) is 11.8 Å². The normalized spacial score (nSPS) is 13.4. The maximum Gasteiger partial charge on any atom is 0.242 e. The Hall–Kier alpha value is -2.31. The predicted octanol–water partition coefficient (Wildman–Crippen LogP) is 4.45. The quantitative estimate of drug-likeness (QED) is 0.404. The first kappa shape index (κ1) is 25.3. The van der Waals surface area contributed by atoms with Gasteiger partial charge in [0.05, 0.1) is 13.1 Å². The minimum absolute atomic E-state index is 0.0133. The summed E-state index contributed by atoms with van der Waals surface area (Å²) in [5.41, 5.74) is 2.08. The highest BCUT2D eigenvalue weighted by molar-refractivity contribution is 6.31. The van der Waals surface area contributed by atoms with Crippen LogP contribution in [0.5, 0.6) is 0 Å². The van der Waals surface area contributed by atoms with E-state index in [0.717, 1.165) is 35.5 Å². The molecule has 0 bridgehead atoms. The van der Waals surface area contributed by atoms with Crippen LogP contribution in [0.25, 0.3) is 0 Å². The Kier molecular flexibility index (Phi) is 9.39. The van der Waals surface area contributed by atoms with E-state index in [-0.39, 0.29) is 24.3 Å². The molecular formula is C26H36ClN3O3. The van der Waals surface area contributed by atoms with Gasteiger partial charge in [0.25, 0.3) is 0 Å². The molecule has 2 amide bonds. The fourth-order valence-electron chi connectivity index (χ4n) is 3.97. The first-order valence-electron chi connectivity index (χ1n) is 11.8. The van der Waals surface area contributed by atoms with Crippen LogP contribution in [0.2, 0.25) is 5.02 Å². The molecule has 1 aliphatic carbocycles. The molecule has 2 aromatic rings. The van der Waals surface area contributed by atoms with Crippen LogP contribution in [0.15, 0.2) is 42.6 Å². The SMILES string of the molecule is COCCCN(CC(=O)N(Cc1cccn1Cc1ccccc1Cl)CC(C)C)C(=O)C1CC1. The molecule has 180 valence electrons. The Morgan fingerprint density at radius 1 is 1.15 bits per heavy atom. The summed E-state index contributed by atoms with van der Waals surface area (Å²) in [5.74, 6) is 0.500. The Morgan fingerprint density at radius 3 is 2.58 bits per heavy atom. The number of nitrogens with zero attached hydrogens (tertiary/aromatic N) is 3. The maximum absolute atomic E-state index is 13.4. The van der Waals surface area contributed by atoms with Gasteiger partial charge in [0.15, 0.2) is 0 Å². The molecule has 0 unspecified atom stereocenters. The first-order chi connectivity index (χ1) is 15.9. The Bertz CT molecular complexity index is 923. The van der Waals surface area contributed by atoms with Gasteiger partial charge in [-0.15, -0.1) is 0 Å². The number of methoxy groups -OCH3 is 1. The highest BCUT2D eigenvalue weighted by Gasteiger charge is 2.34. The molecule has 1 saturated carbocycles. The lowest BCUT2D eigenvalue weighted by molar-refractivity contribution is -0.142. The fraction of sp³-hybridized carbons (Fsp3) is 0.538. The summed E-state index contributed by atoms with van der Waals surface area (Å²) in [4.78, 5) is 29.8. The molecule has 6 nitrogen and oxygen atoms in total. The summed E-state index contributed by atoms with van der Waals surface area (Å²) in [5, 5.41) is 0.734. The highest BCUT2D eigenvalue weighted by atomic mass is 35.5. The number of amides is 2. The molecule has 7 heteroatoms. The summed E-state index contributed by atoms with van der Waals surface area (Å²) in [6, 6.07) is 11.9. The molecule has 0 saturated heterocycles. The molecule has 0 radical (unpaired) electrons. The first-order valence-corrected chi connectivity index (χ1v) is 12.2. The van der Waals surface area contributed by atoms with Gasteiger partial charge in [-0.05, 0) is 48.9 Å². The van der Waals surface area contributed by atoms with Gasteiger partial charge in [-0.2, -0.15) is 0 Å². The molecule has 0 aliphatic heterocycles. The average molecular weight is 474 g/mol. The Morgan fingerprint density at radius 2 is 1.91 bits per heavy atom. The number of benzene rings is 1. The molecule has 1 fully saturated rings. The number of hydrogen-bond donors (Lipinski definition) is 0. The van der Waals surface area contributed by atoms with Gasteiger partial charge in [0, 0.05) is 56.2 Å². The monoisotopic (exact) mass is 473 g/mol. The molecule has 0 N–H and O–H groups in total. The second-order valence-electron chi connectivity index (χ2n) is 9.27. The largest absolute Gasteiger partial charge is 0.385 e. The number of ether oxygens (including phenoxy) is 1. The standard InChI is InChI=1S/C26H36ClN3O3/c1-20(2)16-30(25(31)19-29(14-7-15-33-3)26(32)21-11-12-21)18-23-9-6-13-28(23)17-22-8-4-5-10-24(22)27/h4-6,8-10,13,20-21H,7,11-12,14-19H2,1-3H3. The van der Waals surface area contributed by atoms with E-state index < -0.39 is 0 Å². The van der Waals surface area contributed by atoms with E-state index in [1.807, 2.05) is 47.5 Å². The lowest BCUT2D eigenvalue weighted by Crippen LogP contribution is -2.45. The van der Waals surface area contributed by atoms with E-state index in [1.165, 1.54) is 0 Å². The summed E-state index contributed by atoms with van der Waals surface area (Å²) in [7, 11) is 1.65. The van der Waals surface area contributed by atoms with Crippen molar-refractivity contribution in [2.24, 2.45) is 11.8 Å². The summed E-state index contributed by atoms with van der Waals surface area (Å²) < 4.78 is 7.28.